The lowest BCUT2D eigenvalue weighted by Gasteiger charge is -2.27. The molecule has 0 atom stereocenters. The van der Waals surface area contributed by atoms with E-state index in [-0.39, 0.29) is 12.1 Å². The molecule has 0 saturated heterocycles. The van der Waals surface area contributed by atoms with Gasteiger partial charge in [0.1, 0.15) is 5.82 Å². The van der Waals surface area contributed by atoms with E-state index < -0.39 is 0 Å². The lowest BCUT2D eigenvalue weighted by molar-refractivity contribution is 0.118. The molecule has 0 radical (unpaired) electrons. The van der Waals surface area contributed by atoms with Gasteiger partial charge in [-0.05, 0) is 0 Å². The molecule has 92 valence electrons. The first kappa shape index (κ1) is 11.4. The second-order valence-corrected chi connectivity index (χ2v) is 3.66. The minimum absolute atomic E-state index is 0.257. The zero-order valence-corrected chi connectivity index (χ0v) is 9.77. The molecule has 0 saturated carbocycles. The number of nitrogens with zero attached hydrogens (tertiary/aromatic N) is 3. The summed E-state index contributed by atoms with van der Waals surface area (Å²) in [7, 11) is 2.84. The Hall–Kier alpha value is -2.05. The molecular weight excluding hydrogens is 224 g/mol. The van der Waals surface area contributed by atoms with Crippen molar-refractivity contribution in [3.8, 4) is 6.01 Å². The summed E-state index contributed by atoms with van der Waals surface area (Å²) in [5, 5.41) is 0. The number of aromatic nitrogens is 2. The monoisotopic (exact) mass is 238 g/mol. The van der Waals surface area contributed by atoms with E-state index in [1.165, 1.54) is 14.2 Å². The van der Waals surface area contributed by atoms with Crippen LogP contribution in [0.5, 0.6) is 6.01 Å². The highest BCUT2D eigenvalue weighted by Crippen LogP contribution is 2.23. The quantitative estimate of drug-likeness (QED) is 0.751. The Bertz CT molecular complexity index is 449. The SMILES string of the molecule is COC(=O)N1CCc2nc(OC)nc(N)c2C1. The highest BCUT2D eigenvalue weighted by Gasteiger charge is 2.25. The van der Waals surface area contributed by atoms with Crippen LogP contribution in [0, 0.1) is 0 Å². The number of fused-ring (bicyclic) bond motifs is 1. The zero-order chi connectivity index (χ0) is 12.4. The van der Waals surface area contributed by atoms with Crippen molar-refractivity contribution in [1.82, 2.24) is 14.9 Å². The third-order valence-corrected chi connectivity index (χ3v) is 2.69. The van der Waals surface area contributed by atoms with Gasteiger partial charge in [-0.1, -0.05) is 0 Å². The minimum Gasteiger partial charge on any atom is -0.467 e. The first-order valence-corrected chi connectivity index (χ1v) is 5.18. The van der Waals surface area contributed by atoms with Crippen molar-refractivity contribution >= 4 is 11.9 Å². The zero-order valence-electron chi connectivity index (χ0n) is 9.77. The summed E-state index contributed by atoms with van der Waals surface area (Å²) in [4.78, 5) is 21.2. The fraction of sp³-hybridized carbons (Fsp3) is 0.500. The molecule has 17 heavy (non-hydrogen) atoms. The van der Waals surface area contributed by atoms with Gasteiger partial charge in [-0.15, -0.1) is 0 Å². The van der Waals surface area contributed by atoms with Crippen molar-refractivity contribution in [2.45, 2.75) is 13.0 Å². The first-order valence-electron chi connectivity index (χ1n) is 5.18. The second-order valence-electron chi connectivity index (χ2n) is 3.66. The van der Waals surface area contributed by atoms with E-state index in [0.717, 1.165) is 11.3 Å². The van der Waals surface area contributed by atoms with Crippen LogP contribution in [0.15, 0.2) is 0 Å². The molecule has 2 N–H and O–H groups in total. The highest BCUT2D eigenvalue weighted by atomic mass is 16.5. The van der Waals surface area contributed by atoms with Crippen molar-refractivity contribution in [3.63, 3.8) is 0 Å². The lowest BCUT2D eigenvalue weighted by Crippen LogP contribution is -2.36. The summed E-state index contributed by atoms with van der Waals surface area (Å²) >= 11 is 0. The van der Waals surface area contributed by atoms with Gasteiger partial charge in [-0.25, -0.2) is 4.79 Å². The average molecular weight is 238 g/mol. The fourth-order valence-electron chi connectivity index (χ4n) is 1.79. The second kappa shape index (κ2) is 4.44. The Balaban J connectivity index is 2.29. The van der Waals surface area contributed by atoms with E-state index in [1.807, 2.05) is 0 Å². The topological polar surface area (TPSA) is 90.6 Å². The summed E-state index contributed by atoms with van der Waals surface area (Å²) in [6.45, 7) is 0.928. The van der Waals surface area contributed by atoms with Gasteiger partial charge in [0.2, 0.25) is 0 Å². The van der Waals surface area contributed by atoms with E-state index in [1.54, 1.807) is 4.90 Å². The molecule has 7 nitrogen and oxygen atoms in total. The Morgan fingerprint density at radius 1 is 1.41 bits per heavy atom. The smallest absolute Gasteiger partial charge is 0.409 e. The van der Waals surface area contributed by atoms with Crippen LogP contribution in [0.25, 0.3) is 0 Å². The van der Waals surface area contributed by atoms with Crippen LogP contribution in [-0.2, 0) is 17.7 Å². The third kappa shape index (κ3) is 2.08. The van der Waals surface area contributed by atoms with Crippen molar-refractivity contribution in [2.24, 2.45) is 0 Å². The lowest BCUT2D eigenvalue weighted by atomic mass is 10.1. The molecule has 0 bridgehead atoms. The van der Waals surface area contributed by atoms with Crippen molar-refractivity contribution in [2.75, 3.05) is 26.5 Å². The van der Waals surface area contributed by atoms with E-state index in [9.17, 15) is 4.79 Å². The predicted molar refractivity (Wildman–Crippen MR) is 59.5 cm³/mol. The molecular formula is C10H14N4O3. The third-order valence-electron chi connectivity index (χ3n) is 2.69. The largest absolute Gasteiger partial charge is 0.467 e. The van der Waals surface area contributed by atoms with Crippen LogP contribution >= 0.6 is 0 Å². The van der Waals surface area contributed by atoms with Gasteiger partial charge in [0, 0.05) is 18.5 Å². The average Bonchev–Trinajstić information content (AvgIpc) is 2.37. The summed E-state index contributed by atoms with van der Waals surface area (Å²) in [6, 6.07) is 0.257. The molecule has 2 heterocycles. The molecule has 2 rings (SSSR count). The van der Waals surface area contributed by atoms with Gasteiger partial charge >= 0.3 is 12.1 Å². The molecule has 0 unspecified atom stereocenters. The fourth-order valence-corrected chi connectivity index (χ4v) is 1.79. The summed E-state index contributed by atoms with van der Waals surface area (Å²) < 4.78 is 9.62. The van der Waals surface area contributed by atoms with Gasteiger partial charge in [-0.2, -0.15) is 9.97 Å². The van der Waals surface area contributed by atoms with Crippen molar-refractivity contribution in [1.29, 1.82) is 0 Å². The molecule has 0 spiro atoms. The van der Waals surface area contributed by atoms with Crippen molar-refractivity contribution < 1.29 is 14.3 Å². The molecule has 1 amide bonds. The number of rotatable bonds is 1. The number of amides is 1. The summed E-state index contributed by atoms with van der Waals surface area (Å²) in [6.07, 6.45) is 0.249. The van der Waals surface area contributed by atoms with Crippen LogP contribution in [-0.4, -0.2) is 41.7 Å². The molecule has 1 aliphatic rings. The number of methoxy groups -OCH3 is 2. The van der Waals surface area contributed by atoms with Gasteiger partial charge in [-0.3, -0.25) is 0 Å². The maximum atomic E-state index is 11.4. The Morgan fingerprint density at radius 2 is 2.18 bits per heavy atom. The molecule has 0 aromatic carbocycles. The van der Waals surface area contributed by atoms with E-state index in [2.05, 4.69) is 14.7 Å². The maximum Gasteiger partial charge on any atom is 0.409 e. The number of hydrogen-bond acceptors (Lipinski definition) is 6. The van der Waals surface area contributed by atoms with E-state index in [0.29, 0.717) is 25.3 Å². The number of hydrogen-bond donors (Lipinski definition) is 1. The number of carbonyl (C=O) groups excluding carboxylic acids is 1. The molecule has 0 fully saturated rings. The number of nitrogens with two attached hydrogens (primary N) is 1. The minimum atomic E-state index is -0.370. The summed E-state index contributed by atoms with van der Waals surface area (Å²) in [5.41, 5.74) is 7.41. The van der Waals surface area contributed by atoms with Crippen molar-refractivity contribution in [3.05, 3.63) is 11.3 Å². The molecule has 0 aliphatic carbocycles. The first-order chi connectivity index (χ1) is 8.15. The molecule has 1 aromatic heterocycles. The Morgan fingerprint density at radius 3 is 2.82 bits per heavy atom. The highest BCUT2D eigenvalue weighted by molar-refractivity contribution is 5.68. The van der Waals surface area contributed by atoms with Crippen LogP contribution in [0.2, 0.25) is 0 Å². The van der Waals surface area contributed by atoms with Gasteiger partial charge in [0.15, 0.2) is 0 Å². The maximum absolute atomic E-state index is 11.4. The number of nitrogen functional groups attached to an aromatic ring is 1. The van der Waals surface area contributed by atoms with Gasteiger partial charge < -0.3 is 20.1 Å². The van der Waals surface area contributed by atoms with Crippen LogP contribution in [0.3, 0.4) is 0 Å². The van der Waals surface area contributed by atoms with Crippen LogP contribution in [0.4, 0.5) is 10.6 Å². The standard InChI is InChI=1S/C10H14N4O3/c1-16-9-12-7-3-4-14(10(15)17-2)5-6(7)8(11)13-9/h3-5H2,1-2H3,(H2,11,12,13). The van der Waals surface area contributed by atoms with E-state index in [4.69, 9.17) is 10.5 Å². The van der Waals surface area contributed by atoms with Crippen LogP contribution < -0.4 is 10.5 Å². The number of carbonyl (C=O) groups is 1. The summed E-state index contributed by atoms with van der Waals surface area (Å²) in [5.74, 6) is 0.348. The Labute approximate surface area is 98.5 Å². The Kier molecular flexibility index (Phi) is 2.99. The molecule has 1 aliphatic heterocycles. The van der Waals surface area contributed by atoms with Gasteiger partial charge in [0.25, 0.3) is 0 Å². The molecule has 7 heteroatoms. The van der Waals surface area contributed by atoms with E-state index >= 15 is 0 Å². The van der Waals surface area contributed by atoms with Crippen LogP contribution in [0.1, 0.15) is 11.3 Å². The normalized spacial score (nSPS) is 14.1. The number of anilines is 1. The van der Waals surface area contributed by atoms with Gasteiger partial charge in [0.05, 0.1) is 26.5 Å². The number of ether oxygens (including phenoxy) is 2. The molecule has 1 aromatic rings. The predicted octanol–water partition coefficient (Wildman–Crippen LogP) is 0.192.